The summed E-state index contributed by atoms with van der Waals surface area (Å²) in [6.07, 6.45) is 0. The lowest BCUT2D eigenvalue weighted by atomic mass is 10.1. The molecule has 0 radical (unpaired) electrons. The van der Waals surface area contributed by atoms with Crippen LogP contribution in [0.2, 0.25) is 0 Å². The molecule has 1 saturated heterocycles. The Kier molecular flexibility index (Phi) is 6.93. The molecule has 2 aromatic rings. The summed E-state index contributed by atoms with van der Waals surface area (Å²) in [7, 11) is -3.91. The molecule has 2 heterocycles. The topological polar surface area (TPSA) is 94.9 Å². The van der Waals surface area contributed by atoms with Crippen molar-refractivity contribution in [3.63, 3.8) is 0 Å². The van der Waals surface area contributed by atoms with Crippen LogP contribution in [-0.4, -0.2) is 62.0 Å². The molecule has 1 fully saturated rings. The van der Waals surface area contributed by atoms with Gasteiger partial charge in [-0.1, -0.05) is 0 Å². The molecule has 1 aromatic carbocycles. The minimum absolute atomic E-state index is 0.171. The Bertz CT molecular complexity index is 1100. The van der Waals surface area contributed by atoms with Crippen LogP contribution in [-0.2, 0) is 26.0 Å². The van der Waals surface area contributed by atoms with Crippen molar-refractivity contribution in [3.05, 3.63) is 52.6 Å². The van der Waals surface area contributed by atoms with Crippen LogP contribution in [0.15, 0.2) is 29.2 Å². The van der Waals surface area contributed by atoms with E-state index in [1.165, 1.54) is 4.31 Å². The summed E-state index contributed by atoms with van der Waals surface area (Å²) in [5, 5.41) is 0. The van der Waals surface area contributed by atoms with Crippen LogP contribution in [0, 0.1) is 19.7 Å². The third-order valence-corrected chi connectivity index (χ3v) is 7.18. The average molecular weight is 453 g/mol. The smallest absolute Gasteiger partial charge is 0.341 e. The summed E-state index contributed by atoms with van der Waals surface area (Å²) in [4.78, 5) is 24.7. The van der Waals surface area contributed by atoms with Crippen molar-refractivity contribution in [2.75, 3.05) is 32.9 Å². The van der Waals surface area contributed by atoms with Crippen LogP contribution in [0.25, 0.3) is 0 Å². The summed E-state index contributed by atoms with van der Waals surface area (Å²) in [6.45, 7) is 6.60. The number of rotatable bonds is 7. The average Bonchev–Trinajstić information content (AvgIpc) is 3.05. The van der Waals surface area contributed by atoms with E-state index in [4.69, 9.17) is 9.47 Å². The highest BCUT2D eigenvalue weighted by Gasteiger charge is 2.28. The molecular formula is C21H25FN2O6S. The number of hydrogen-bond acceptors (Lipinski definition) is 6. The van der Waals surface area contributed by atoms with E-state index in [1.54, 1.807) is 13.0 Å². The SMILES string of the molecule is CCn1c(C)cc(C(=O)COC(=O)c2cc(S(=O)(=O)N3CCOCC3)ccc2F)c1C. The van der Waals surface area contributed by atoms with E-state index in [-0.39, 0.29) is 31.2 Å². The van der Waals surface area contributed by atoms with Gasteiger partial charge in [-0.05, 0) is 45.0 Å². The number of Topliss-reactive ketones (excluding diaryl/α,β-unsaturated/α-hetero) is 1. The van der Waals surface area contributed by atoms with Gasteiger partial charge in [-0.2, -0.15) is 4.31 Å². The zero-order valence-corrected chi connectivity index (χ0v) is 18.5. The number of morpholine rings is 1. The van der Waals surface area contributed by atoms with Gasteiger partial charge in [0.1, 0.15) is 5.82 Å². The first-order valence-electron chi connectivity index (χ1n) is 9.91. The van der Waals surface area contributed by atoms with E-state index >= 15 is 0 Å². The number of sulfonamides is 1. The predicted molar refractivity (Wildman–Crippen MR) is 110 cm³/mol. The maximum Gasteiger partial charge on any atom is 0.341 e. The minimum Gasteiger partial charge on any atom is -0.454 e. The number of carbonyl (C=O) groups is 2. The molecule has 0 bridgehead atoms. The summed E-state index contributed by atoms with van der Waals surface area (Å²) in [6, 6.07) is 4.66. The van der Waals surface area contributed by atoms with Crippen LogP contribution in [0.1, 0.15) is 39.0 Å². The molecule has 10 heteroatoms. The van der Waals surface area contributed by atoms with Gasteiger partial charge in [-0.3, -0.25) is 4.79 Å². The van der Waals surface area contributed by atoms with Crippen LogP contribution < -0.4 is 0 Å². The lowest BCUT2D eigenvalue weighted by Crippen LogP contribution is -2.40. The molecule has 1 aliphatic rings. The zero-order chi connectivity index (χ0) is 22.8. The highest BCUT2D eigenvalue weighted by atomic mass is 32.2. The second-order valence-electron chi connectivity index (χ2n) is 7.19. The summed E-state index contributed by atoms with van der Waals surface area (Å²) >= 11 is 0. The first-order chi connectivity index (χ1) is 14.7. The van der Waals surface area contributed by atoms with Gasteiger partial charge in [0, 0.05) is 36.6 Å². The van der Waals surface area contributed by atoms with Crippen LogP contribution in [0.5, 0.6) is 0 Å². The molecule has 31 heavy (non-hydrogen) atoms. The molecule has 1 aromatic heterocycles. The van der Waals surface area contributed by atoms with Crippen molar-refractivity contribution in [3.8, 4) is 0 Å². The Hall–Kier alpha value is -2.56. The van der Waals surface area contributed by atoms with Gasteiger partial charge in [0.2, 0.25) is 15.8 Å². The van der Waals surface area contributed by atoms with E-state index in [0.717, 1.165) is 29.6 Å². The number of carbonyl (C=O) groups excluding carboxylic acids is 2. The number of ketones is 1. The van der Waals surface area contributed by atoms with Crippen LogP contribution in [0.3, 0.4) is 0 Å². The maximum atomic E-state index is 14.2. The standard InChI is InChI=1S/C21H25FN2O6S/c1-4-24-14(2)11-17(15(24)3)20(25)13-30-21(26)18-12-16(5-6-19(18)22)31(27,28)23-7-9-29-10-8-23/h5-6,11-12H,4,7-10,13H2,1-3H3. The monoisotopic (exact) mass is 452 g/mol. The summed E-state index contributed by atoms with van der Waals surface area (Å²) in [5.74, 6) is -2.45. The number of halogens is 1. The summed E-state index contributed by atoms with van der Waals surface area (Å²) < 4.78 is 53.1. The number of esters is 1. The van der Waals surface area contributed by atoms with Crippen molar-refractivity contribution in [2.45, 2.75) is 32.2 Å². The molecule has 0 atom stereocenters. The van der Waals surface area contributed by atoms with Gasteiger partial charge in [-0.25, -0.2) is 17.6 Å². The third kappa shape index (κ3) is 4.70. The number of ether oxygens (including phenoxy) is 2. The normalized spacial score (nSPS) is 15.1. The van der Waals surface area contributed by atoms with Crippen LogP contribution >= 0.6 is 0 Å². The number of aryl methyl sites for hydroxylation is 1. The van der Waals surface area contributed by atoms with Gasteiger partial charge in [0.15, 0.2) is 6.61 Å². The van der Waals surface area contributed by atoms with Gasteiger partial charge >= 0.3 is 5.97 Å². The van der Waals surface area contributed by atoms with Gasteiger partial charge in [0.25, 0.3) is 0 Å². The van der Waals surface area contributed by atoms with Gasteiger partial charge in [0.05, 0.1) is 23.7 Å². The first kappa shape index (κ1) is 23.1. The quantitative estimate of drug-likeness (QED) is 0.473. The Balaban J connectivity index is 1.76. The van der Waals surface area contributed by atoms with E-state index in [2.05, 4.69) is 0 Å². The van der Waals surface area contributed by atoms with E-state index < -0.39 is 39.8 Å². The highest BCUT2D eigenvalue weighted by Crippen LogP contribution is 2.21. The van der Waals surface area contributed by atoms with Gasteiger partial charge in [-0.15, -0.1) is 0 Å². The molecule has 8 nitrogen and oxygen atoms in total. The zero-order valence-electron chi connectivity index (χ0n) is 17.7. The molecule has 0 unspecified atom stereocenters. The molecule has 168 valence electrons. The Morgan fingerprint density at radius 1 is 1.13 bits per heavy atom. The maximum absolute atomic E-state index is 14.2. The second-order valence-corrected chi connectivity index (χ2v) is 9.12. The predicted octanol–water partition coefficient (Wildman–Crippen LogP) is 2.32. The number of hydrogen-bond donors (Lipinski definition) is 0. The molecule has 0 saturated carbocycles. The number of aromatic nitrogens is 1. The number of nitrogens with zero attached hydrogens (tertiary/aromatic N) is 2. The molecule has 0 spiro atoms. The van der Waals surface area contributed by atoms with Gasteiger partial charge < -0.3 is 14.0 Å². The third-order valence-electron chi connectivity index (χ3n) is 5.29. The number of benzene rings is 1. The summed E-state index contributed by atoms with van der Waals surface area (Å²) in [5.41, 5.74) is 1.55. The largest absolute Gasteiger partial charge is 0.454 e. The van der Waals surface area contributed by atoms with Crippen molar-refractivity contribution >= 4 is 21.8 Å². The molecular weight excluding hydrogens is 427 g/mol. The fraction of sp³-hybridized carbons (Fsp3) is 0.429. The lowest BCUT2D eigenvalue weighted by Gasteiger charge is -2.26. The van der Waals surface area contributed by atoms with E-state index in [9.17, 15) is 22.4 Å². The van der Waals surface area contributed by atoms with Crippen molar-refractivity contribution < 1.29 is 31.9 Å². The minimum atomic E-state index is -3.91. The fourth-order valence-electron chi connectivity index (χ4n) is 3.61. The molecule has 0 N–H and O–H groups in total. The highest BCUT2D eigenvalue weighted by molar-refractivity contribution is 7.89. The van der Waals surface area contributed by atoms with Crippen molar-refractivity contribution in [2.24, 2.45) is 0 Å². The van der Waals surface area contributed by atoms with E-state index in [1.807, 2.05) is 18.4 Å². The first-order valence-corrected chi connectivity index (χ1v) is 11.3. The van der Waals surface area contributed by atoms with Crippen molar-refractivity contribution in [1.82, 2.24) is 8.87 Å². The molecule has 3 rings (SSSR count). The Morgan fingerprint density at radius 3 is 2.42 bits per heavy atom. The van der Waals surface area contributed by atoms with Crippen LogP contribution in [0.4, 0.5) is 4.39 Å². The second kappa shape index (κ2) is 9.29. The molecule has 0 aliphatic carbocycles. The van der Waals surface area contributed by atoms with Crippen molar-refractivity contribution in [1.29, 1.82) is 0 Å². The molecule has 0 amide bonds. The Labute approximate surface area is 180 Å². The Morgan fingerprint density at radius 2 is 1.81 bits per heavy atom. The lowest BCUT2D eigenvalue weighted by molar-refractivity contribution is 0.0469. The van der Waals surface area contributed by atoms with E-state index in [0.29, 0.717) is 12.1 Å². The molecule has 1 aliphatic heterocycles. The fourth-order valence-corrected chi connectivity index (χ4v) is 5.05.